The van der Waals surface area contributed by atoms with Crippen LogP contribution in [0.5, 0.6) is 0 Å². The number of piperidine rings is 2. The van der Waals surface area contributed by atoms with E-state index in [1.54, 1.807) is 6.20 Å². The number of allylic oxidation sites excluding steroid dienone is 3. The first-order chi connectivity index (χ1) is 25.1. The Hall–Kier alpha value is -5.09. The number of carbonyl (C=O) groups excluding carboxylic acids is 1. The van der Waals surface area contributed by atoms with Gasteiger partial charge in [0.1, 0.15) is 5.02 Å². The molecule has 0 radical (unpaired) electrons. The Morgan fingerprint density at radius 2 is 1.94 bits per heavy atom. The van der Waals surface area contributed by atoms with Gasteiger partial charge in [-0.3, -0.25) is 9.48 Å². The molecule has 1 spiro atoms. The number of aromatic nitrogens is 4. The van der Waals surface area contributed by atoms with Crippen LogP contribution in [-0.4, -0.2) is 58.9 Å². The number of hydrogen-bond acceptors (Lipinski definition) is 8. The van der Waals surface area contributed by atoms with Gasteiger partial charge in [0.25, 0.3) is 0 Å². The van der Waals surface area contributed by atoms with E-state index in [2.05, 4.69) is 94.6 Å². The first kappa shape index (κ1) is 34.0. The minimum absolute atomic E-state index is 0.0132. The van der Waals surface area contributed by atoms with E-state index in [0.29, 0.717) is 16.8 Å². The Balaban J connectivity index is 0.979. The van der Waals surface area contributed by atoms with Gasteiger partial charge < -0.3 is 25.3 Å². The first-order valence-electron chi connectivity index (χ1n) is 18.2. The maximum Gasteiger partial charge on any atom is 0.233 e. The molecule has 0 bridgehead atoms. The molecule has 2 aromatic heterocycles. The van der Waals surface area contributed by atoms with Gasteiger partial charge >= 0.3 is 0 Å². The molecule has 0 saturated carbocycles. The van der Waals surface area contributed by atoms with Crippen molar-refractivity contribution in [3.8, 4) is 0 Å². The highest BCUT2D eigenvalue weighted by molar-refractivity contribution is 6.32. The Bertz CT molecular complexity index is 2150. The van der Waals surface area contributed by atoms with Gasteiger partial charge in [0.15, 0.2) is 5.82 Å². The van der Waals surface area contributed by atoms with Crippen molar-refractivity contribution in [2.75, 3.05) is 53.2 Å². The van der Waals surface area contributed by atoms with Crippen molar-refractivity contribution in [2.45, 2.75) is 50.9 Å². The first-order valence-corrected chi connectivity index (χ1v) is 18.6. The van der Waals surface area contributed by atoms with Gasteiger partial charge in [0.2, 0.25) is 11.9 Å². The summed E-state index contributed by atoms with van der Waals surface area (Å²) >= 11 is 6.69. The highest BCUT2D eigenvalue weighted by Crippen LogP contribution is 2.43. The molecule has 3 fully saturated rings. The zero-order valence-electron chi connectivity index (χ0n) is 30.1. The lowest BCUT2D eigenvalue weighted by atomic mass is 9.79. The summed E-state index contributed by atoms with van der Waals surface area (Å²) in [7, 11) is 4.03. The molecule has 11 heteroatoms. The minimum atomic E-state index is -0.257. The van der Waals surface area contributed by atoms with Gasteiger partial charge in [-0.25, -0.2) is 4.98 Å². The van der Waals surface area contributed by atoms with Crippen LogP contribution in [0, 0.1) is 5.41 Å². The average Bonchev–Trinajstić information content (AvgIpc) is 3.69. The summed E-state index contributed by atoms with van der Waals surface area (Å²) in [5.74, 6) is 1.03. The lowest BCUT2D eigenvalue weighted by Crippen LogP contribution is -2.45. The van der Waals surface area contributed by atoms with Crippen molar-refractivity contribution in [3.63, 3.8) is 0 Å². The molecule has 1 amide bonds. The van der Waals surface area contributed by atoms with Gasteiger partial charge in [-0.1, -0.05) is 30.8 Å². The minimum Gasteiger partial charge on any atom is -0.371 e. The number of anilines is 5. The predicted molar refractivity (Wildman–Crippen MR) is 212 cm³/mol. The number of amides is 1. The van der Waals surface area contributed by atoms with Crippen LogP contribution in [0.3, 0.4) is 0 Å². The Morgan fingerprint density at radius 1 is 1.10 bits per heavy atom. The summed E-state index contributed by atoms with van der Waals surface area (Å²) in [6, 6.07) is 12.9. The quantitative estimate of drug-likeness (QED) is 0.177. The van der Waals surface area contributed by atoms with Gasteiger partial charge in [0.05, 0.1) is 23.3 Å². The molecule has 6 heterocycles. The fourth-order valence-corrected chi connectivity index (χ4v) is 8.66. The van der Waals surface area contributed by atoms with Gasteiger partial charge in [-0.15, -0.1) is 6.58 Å². The largest absolute Gasteiger partial charge is 0.371 e. The fraction of sp³-hybridized carbons (Fsp3) is 0.366. The van der Waals surface area contributed by atoms with Crippen LogP contribution in [0.4, 0.5) is 28.8 Å². The topological polar surface area (TPSA) is 94.5 Å². The van der Waals surface area contributed by atoms with Crippen molar-refractivity contribution in [2.24, 2.45) is 12.5 Å². The van der Waals surface area contributed by atoms with E-state index < -0.39 is 0 Å². The molecule has 2 atom stereocenters. The summed E-state index contributed by atoms with van der Waals surface area (Å²) in [4.78, 5) is 29.5. The van der Waals surface area contributed by atoms with E-state index in [4.69, 9.17) is 26.7 Å². The standard InChI is InChI=1S/C41H46ClN9O/c1-6-7-9-28-20-29-21-30(11-15-35(29)48(4)27(28)3)45-38-34(42)23-43-40(46-38)51-18-8-16-41(25-51)17-19-50(24-41)31-12-14-32-36(22-31)49(5)47-37(32)33-13-10-26(2)44-39(33)52/h6,11-12,14-15,20-23,33H,1-3,7-10,13,16-19,24-25H2,4-5H3,(H,44,52)(H,43,45,46). The molecule has 2 unspecified atom stereocenters. The molecule has 0 aliphatic carbocycles. The fourth-order valence-electron chi connectivity index (χ4n) is 8.52. The van der Waals surface area contributed by atoms with E-state index >= 15 is 0 Å². The number of nitrogens with one attached hydrogen (secondary N) is 2. The smallest absolute Gasteiger partial charge is 0.233 e. The molecule has 268 valence electrons. The average molecular weight is 716 g/mol. The molecule has 52 heavy (non-hydrogen) atoms. The predicted octanol–water partition coefficient (Wildman–Crippen LogP) is 8.08. The number of halogens is 1. The summed E-state index contributed by atoms with van der Waals surface area (Å²) < 4.78 is 1.92. The Morgan fingerprint density at radius 3 is 2.77 bits per heavy atom. The molecule has 3 saturated heterocycles. The second-order valence-electron chi connectivity index (χ2n) is 14.9. The molecule has 10 nitrogen and oxygen atoms in total. The van der Waals surface area contributed by atoms with E-state index in [0.717, 1.165) is 116 Å². The normalized spacial score (nSPS) is 21.8. The molecule has 4 aromatic rings. The van der Waals surface area contributed by atoms with Crippen LogP contribution in [0.25, 0.3) is 17.0 Å². The molecule has 4 aliphatic rings. The van der Waals surface area contributed by atoms with Crippen molar-refractivity contribution >= 4 is 63.3 Å². The number of benzene rings is 2. The second kappa shape index (κ2) is 13.5. The van der Waals surface area contributed by atoms with E-state index in [1.807, 2.05) is 17.8 Å². The maximum atomic E-state index is 12.8. The molecule has 2 aromatic carbocycles. The number of carbonyl (C=O) groups is 1. The van der Waals surface area contributed by atoms with E-state index in [1.165, 1.54) is 11.3 Å². The Labute approximate surface area is 310 Å². The summed E-state index contributed by atoms with van der Waals surface area (Å²) in [6.07, 6.45) is 12.5. The van der Waals surface area contributed by atoms with Crippen LogP contribution in [0.15, 0.2) is 85.4 Å². The zero-order valence-corrected chi connectivity index (χ0v) is 30.8. The number of nitrogens with zero attached hydrogens (tertiary/aromatic N) is 7. The zero-order chi connectivity index (χ0) is 36.1. The number of hydrogen-bond donors (Lipinski definition) is 2. The Kier molecular flexibility index (Phi) is 8.81. The van der Waals surface area contributed by atoms with Crippen LogP contribution < -0.4 is 25.3 Å². The highest BCUT2D eigenvalue weighted by Gasteiger charge is 2.42. The lowest BCUT2D eigenvalue weighted by Gasteiger charge is -2.40. The second-order valence-corrected chi connectivity index (χ2v) is 15.3. The summed E-state index contributed by atoms with van der Waals surface area (Å²) in [5.41, 5.74) is 9.38. The van der Waals surface area contributed by atoms with Crippen LogP contribution in [-0.2, 0) is 11.8 Å². The number of aryl methyl sites for hydroxylation is 1. The van der Waals surface area contributed by atoms with E-state index in [-0.39, 0.29) is 17.2 Å². The van der Waals surface area contributed by atoms with Gasteiger partial charge in [0, 0.05) is 85.1 Å². The van der Waals surface area contributed by atoms with Crippen molar-refractivity contribution in [1.82, 2.24) is 25.1 Å². The molecule has 2 N–H and O–H groups in total. The third-order valence-corrected chi connectivity index (χ3v) is 11.7. The van der Waals surface area contributed by atoms with Crippen molar-refractivity contribution < 1.29 is 4.79 Å². The van der Waals surface area contributed by atoms with Crippen molar-refractivity contribution in [3.05, 3.63) is 102 Å². The molecular formula is C41H46ClN9O. The third kappa shape index (κ3) is 6.23. The van der Waals surface area contributed by atoms with Crippen LogP contribution >= 0.6 is 11.6 Å². The SMILES string of the molecule is C=CCCC1=Cc2cc(Nc3nc(N4CCCC5(CCN(c6ccc7c(C8CCC(=C)NC8=O)nn(C)c7c6)C5)C4)ncc3Cl)ccc2N(C)C1=C. The van der Waals surface area contributed by atoms with Crippen LogP contribution in [0.2, 0.25) is 5.02 Å². The van der Waals surface area contributed by atoms with Crippen molar-refractivity contribution in [1.29, 1.82) is 0 Å². The molecular weight excluding hydrogens is 670 g/mol. The summed E-state index contributed by atoms with van der Waals surface area (Å²) in [6.45, 7) is 15.9. The monoisotopic (exact) mass is 715 g/mol. The molecule has 4 aliphatic heterocycles. The number of likely N-dealkylation sites (N-methyl/N-ethyl adjacent to an activating group) is 1. The van der Waals surface area contributed by atoms with E-state index in [9.17, 15) is 4.79 Å². The lowest BCUT2D eigenvalue weighted by molar-refractivity contribution is -0.122. The highest BCUT2D eigenvalue weighted by atomic mass is 35.5. The summed E-state index contributed by atoms with van der Waals surface area (Å²) in [5, 5.41) is 12.7. The third-order valence-electron chi connectivity index (χ3n) is 11.4. The van der Waals surface area contributed by atoms with Gasteiger partial charge in [-0.2, -0.15) is 10.1 Å². The molecule has 8 rings (SSSR count). The van der Waals surface area contributed by atoms with Gasteiger partial charge in [-0.05, 0) is 93.0 Å². The van der Waals surface area contributed by atoms with Crippen LogP contribution in [0.1, 0.15) is 62.1 Å². The number of fused-ring (bicyclic) bond motifs is 2. The maximum absolute atomic E-state index is 12.8. The number of rotatable bonds is 8.